The lowest BCUT2D eigenvalue weighted by Gasteiger charge is -2.29. The first-order chi connectivity index (χ1) is 13.7. The Hall–Kier alpha value is -2.85. The molecule has 0 bridgehead atoms. The van der Waals surface area contributed by atoms with Gasteiger partial charge in [0.1, 0.15) is 0 Å². The Morgan fingerprint density at radius 2 is 1.64 bits per heavy atom. The first-order valence-corrected chi connectivity index (χ1v) is 10.0. The maximum Gasteiger partial charge on any atom is 0.251 e. The average Bonchev–Trinajstić information content (AvgIpc) is 3.44. The highest BCUT2D eigenvalue weighted by Gasteiger charge is 2.25. The molecule has 1 amide bonds. The van der Waals surface area contributed by atoms with Gasteiger partial charge in [0, 0.05) is 30.2 Å². The number of benzene rings is 2. The summed E-state index contributed by atoms with van der Waals surface area (Å²) in [6, 6.07) is 20.5. The first-order valence-electron chi connectivity index (χ1n) is 10.0. The van der Waals surface area contributed by atoms with E-state index in [2.05, 4.69) is 41.4 Å². The zero-order valence-corrected chi connectivity index (χ0v) is 16.3. The normalized spacial score (nSPS) is 15.5. The highest BCUT2D eigenvalue weighted by atomic mass is 16.1. The van der Waals surface area contributed by atoms with Crippen molar-refractivity contribution >= 4 is 5.91 Å². The molecule has 1 unspecified atom stereocenters. The lowest BCUT2D eigenvalue weighted by molar-refractivity contribution is 0.0938. The standard InChI is InChI=1S/C24H27N3O/c1-19-8-2-3-9-22(19)23(27-16-6-7-17-27)18-25-24(28)20-10-12-21(13-11-20)26-14-4-5-15-26/h2-5,8-15,23H,6-7,16-18H2,1H3,(H,25,28). The number of hydrogen-bond acceptors (Lipinski definition) is 2. The van der Waals surface area contributed by atoms with Crippen molar-refractivity contribution in [2.45, 2.75) is 25.8 Å². The Morgan fingerprint density at radius 1 is 0.964 bits per heavy atom. The highest BCUT2D eigenvalue weighted by molar-refractivity contribution is 5.94. The number of amides is 1. The summed E-state index contributed by atoms with van der Waals surface area (Å²) < 4.78 is 2.03. The molecule has 0 aliphatic carbocycles. The Bertz CT molecular complexity index is 909. The van der Waals surface area contributed by atoms with Crippen LogP contribution < -0.4 is 5.32 Å². The summed E-state index contributed by atoms with van der Waals surface area (Å²) in [7, 11) is 0. The Morgan fingerprint density at radius 3 is 2.32 bits per heavy atom. The monoisotopic (exact) mass is 373 g/mol. The van der Waals surface area contributed by atoms with E-state index in [-0.39, 0.29) is 11.9 Å². The maximum atomic E-state index is 12.7. The van der Waals surface area contributed by atoms with Crippen molar-refractivity contribution in [3.63, 3.8) is 0 Å². The molecule has 2 heterocycles. The molecule has 1 aliphatic heterocycles. The minimum Gasteiger partial charge on any atom is -0.350 e. The van der Waals surface area contributed by atoms with Crippen LogP contribution in [0.15, 0.2) is 73.1 Å². The predicted molar refractivity (Wildman–Crippen MR) is 113 cm³/mol. The van der Waals surface area contributed by atoms with Crippen LogP contribution in [-0.2, 0) is 0 Å². The van der Waals surface area contributed by atoms with E-state index >= 15 is 0 Å². The van der Waals surface area contributed by atoms with Gasteiger partial charge in [-0.1, -0.05) is 24.3 Å². The van der Waals surface area contributed by atoms with Crippen molar-refractivity contribution in [1.29, 1.82) is 0 Å². The predicted octanol–water partition coefficient (Wildman–Crippen LogP) is 4.35. The molecular formula is C24H27N3O. The van der Waals surface area contributed by atoms with E-state index < -0.39 is 0 Å². The summed E-state index contributed by atoms with van der Waals surface area (Å²) in [4.78, 5) is 15.2. The molecule has 1 N–H and O–H groups in total. The largest absolute Gasteiger partial charge is 0.350 e. The molecule has 0 saturated carbocycles. The molecule has 1 aliphatic rings. The maximum absolute atomic E-state index is 12.7. The van der Waals surface area contributed by atoms with E-state index in [9.17, 15) is 4.79 Å². The van der Waals surface area contributed by atoms with Gasteiger partial charge in [-0.25, -0.2) is 0 Å². The quantitative estimate of drug-likeness (QED) is 0.697. The molecule has 4 heteroatoms. The van der Waals surface area contributed by atoms with E-state index in [4.69, 9.17) is 0 Å². The minimum atomic E-state index is -0.0168. The molecular weight excluding hydrogens is 346 g/mol. The molecule has 1 atom stereocenters. The summed E-state index contributed by atoms with van der Waals surface area (Å²) >= 11 is 0. The third-order valence-corrected chi connectivity index (χ3v) is 5.62. The van der Waals surface area contributed by atoms with Crippen LogP contribution in [0.4, 0.5) is 0 Å². The van der Waals surface area contributed by atoms with E-state index in [1.807, 2.05) is 53.4 Å². The smallest absolute Gasteiger partial charge is 0.251 e. The summed E-state index contributed by atoms with van der Waals surface area (Å²) in [5, 5.41) is 3.17. The number of hydrogen-bond donors (Lipinski definition) is 1. The molecule has 4 nitrogen and oxygen atoms in total. The molecule has 1 fully saturated rings. The molecule has 2 aromatic carbocycles. The van der Waals surface area contributed by atoms with E-state index in [1.165, 1.54) is 24.0 Å². The van der Waals surface area contributed by atoms with Gasteiger partial charge in [0.2, 0.25) is 0 Å². The van der Waals surface area contributed by atoms with Gasteiger partial charge in [0.15, 0.2) is 0 Å². The Kier molecular flexibility index (Phi) is 5.58. The number of aryl methyl sites for hydroxylation is 1. The summed E-state index contributed by atoms with van der Waals surface area (Å²) in [5.74, 6) is -0.0168. The van der Waals surface area contributed by atoms with Gasteiger partial charge in [-0.3, -0.25) is 9.69 Å². The van der Waals surface area contributed by atoms with Gasteiger partial charge >= 0.3 is 0 Å². The van der Waals surface area contributed by atoms with Crippen molar-refractivity contribution in [3.05, 3.63) is 89.7 Å². The fraction of sp³-hybridized carbons (Fsp3) is 0.292. The number of carbonyl (C=O) groups excluding carboxylic acids is 1. The third-order valence-electron chi connectivity index (χ3n) is 5.62. The average molecular weight is 374 g/mol. The molecule has 4 rings (SSSR count). The van der Waals surface area contributed by atoms with E-state index in [0.717, 1.165) is 18.8 Å². The lowest BCUT2D eigenvalue weighted by Crippen LogP contribution is -2.37. The zero-order chi connectivity index (χ0) is 19.3. The summed E-state index contributed by atoms with van der Waals surface area (Å²) in [6.07, 6.45) is 6.46. The number of nitrogens with zero attached hydrogens (tertiary/aromatic N) is 2. The topological polar surface area (TPSA) is 37.3 Å². The second kappa shape index (κ2) is 8.44. The SMILES string of the molecule is Cc1ccccc1C(CNC(=O)c1ccc(-n2cccc2)cc1)N1CCCC1. The van der Waals surface area contributed by atoms with Crippen LogP contribution >= 0.6 is 0 Å². The molecule has 1 aromatic heterocycles. The molecule has 1 saturated heterocycles. The molecule has 3 aromatic rings. The number of rotatable bonds is 6. The molecule has 0 radical (unpaired) electrons. The third kappa shape index (κ3) is 4.02. The van der Waals surface area contributed by atoms with E-state index in [0.29, 0.717) is 12.1 Å². The zero-order valence-electron chi connectivity index (χ0n) is 16.3. The van der Waals surface area contributed by atoms with Crippen LogP contribution in [0.5, 0.6) is 0 Å². The lowest BCUT2D eigenvalue weighted by atomic mass is 10.00. The van der Waals surface area contributed by atoms with E-state index in [1.54, 1.807) is 0 Å². The fourth-order valence-corrected chi connectivity index (χ4v) is 4.03. The summed E-state index contributed by atoms with van der Waals surface area (Å²) in [6.45, 7) is 4.98. The van der Waals surface area contributed by atoms with Gasteiger partial charge in [-0.15, -0.1) is 0 Å². The van der Waals surface area contributed by atoms with Crippen molar-refractivity contribution < 1.29 is 4.79 Å². The first kappa shape index (κ1) is 18.5. The fourth-order valence-electron chi connectivity index (χ4n) is 4.03. The summed E-state index contributed by atoms with van der Waals surface area (Å²) in [5.41, 5.74) is 4.34. The molecule has 28 heavy (non-hydrogen) atoms. The molecule has 0 spiro atoms. The van der Waals surface area contributed by atoms with Crippen molar-refractivity contribution in [1.82, 2.24) is 14.8 Å². The van der Waals surface area contributed by atoms with Gasteiger partial charge in [0.25, 0.3) is 5.91 Å². The Balaban J connectivity index is 1.46. The number of aromatic nitrogens is 1. The van der Waals surface area contributed by atoms with Gasteiger partial charge in [-0.05, 0) is 80.4 Å². The van der Waals surface area contributed by atoms with Crippen LogP contribution in [0.1, 0.15) is 40.4 Å². The van der Waals surface area contributed by atoms with Crippen LogP contribution in [0.25, 0.3) is 5.69 Å². The van der Waals surface area contributed by atoms with Crippen LogP contribution in [0.3, 0.4) is 0 Å². The van der Waals surface area contributed by atoms with Crippen molar-refractivity contribution in [2.24, 2.45) is 0 Å². The van der Waals surface area contributed by atoms with Gasteiger partial charge < -0.3 is 9.88 Å². The van der Waals surface area contributed by atoms with Gasteiger partial charge in [-0.2, -0.15) is 0 Å². The van der Waals surface area contributed by atoms with Crippen molar-refractivity contribution in [2.75, 3.05) is 19.6 Å². The Labute approximate surface area is 166 Å². The number of nitrogens with one attached hydrogen (secondary N) is 1. The van der Waals surface area contributed by atoms with Crippen molar-refractivity contribution in [3.8, 4) is 5.69 Å². The highest BCUT2D eigenvalue weighted by Crippen LogP contribution is 2.27. The van der Waals surface area contributed by atoms with Crippen LogP contribution in [0.2, 0.25) is 0 Å². The van der Waals surface area contributed by atoms with Gasteiger partial charge in [0.05, 0.1) is 6.04 Å². The molecule has 144 valence electrons. The number of likely N-dealkylation sites (tertiary alicyclic amines) is 1. The number of carbonyl (C=O) groups is 1. The second-order valence-corrected chi connectivity index (χ2v) is 7.46. The van der Waals surface area contributed by atoms with Crippen LogP contribution in [-0.4, -0.2) is 35.0 Å². The minimum absolute atomic E-state index is 0.0168. The second-order valence-electron chi connectivity index (χ2n) is 7.46. The van der Waals surface area contributed by atoms with Crippen LogP contribution in [0, 0.1) is 6.92 Å².